The highest BCUT2D eigenvalue weighted by atomic mass is 32.1. The molecule has 0 fully saturated rings. The van der Waals surface area contributed by atoms with Gasteiger partial charge < -0.3 is 5.11 Å². The second kappa shape index (κ2) is 3.47. The molecule has 2 aromatic rings. The number of rotatable bonds is 2. The van der Waals surface area contributed by atoms with Crippen molar-refractivity contribution in [2.24, 2.45) is 0 Å². The largest absolute Gasteiger partial charge is 0.476 e. The van der Waals surface area contributed by atoms with E-state index in [9.17, 15) is 4.79 Å². The van der Waals surface area contributed by atoms with Crippen LogP contribution in [0.4, 0.5) is 0 Å². The predicted octanol–water partition coefficient (Wildman–Crippen LogP) is 2.27. The predicted molar refractivity (Wildman–Crippen MR) is 54.9 cm³/mol. The average molecular weight is 226 g/mol. The molecule has 0 amide bonds. The Labute approximate surface area is 87.9 Å². The van der Waals surface area contributed by atoms with E-state index < -0.39 is 5.97 Å². The molecule has 0 atom stereocenters. The van der Waals surface area contributed by atoms with Crippen molar-refractivity contribution in [3.05, 3.63) is 22.4 Å². The fraction of sp³-hybridized carbons (Fsp3) is 0.125. The number of aryl methyl sites for hydroxylation is 1. The summed E-state index contributed by atoms with van der Waals surface area (Å²) >= 11 is 2.67. The van der Waals surface area contributed by atoms with Crippen LogP contribution in [0.2, 0.25) is 0 Å². The third-order valence-electron chi connectivity index (χ3n) is 1.64. The van der Waals surface area contributed by atoms with E-state index in [1.165, 1.54) is 22.7 Å². The van der Waals surface area contributed by atoms with Crippen molar-refractivity contribution in [2.75, 3.05) is 0 Å². The molecule has 0 aliphatic rings. The standard InChI is InChI=1S/C8H6N2O2S2/c1-4-6(5-2-9-3-13-5)14-7(10-4)8(11)12/h2-3H,1H3,(H,11,12). The molecule has 72 valence electrons. The lowest BCUT2D eigenvalue weighted by Crippen LogP contribution is -1.93. The Hall–Kier alpha value is -1.27. The quantitative estimate of drug-likeness (QED) is 0.853. The number of nitrogens with zero attached hydrogens (tertiary/aromatic N) is 2. The SMILES string of the molecule is Cc1nc(C(=O)O)sc1-c1cncs1. The lowest BCUT2D eigenvalue weighted by Gasteiger charge is -1.88. The number of hydrogen-bond donors (Lipinski definition) is 1. The number of carbonyl (C=O) groups is 1. The van der Waals surface area contributed by atoms with E-state index in [2.05, 4.69) is 9.97 Å². The van der Waals surface area contributed by atoms with Gasteiger partial charge in [-0.3, -0.25) is 4.98 Å². The Morgan fingerprint density at radius 3 is 2.86 bits per heavy atom. The monoisotopic (exact) mass is 226 g/mol. The zero-order chi connectivity index (χ0) is 10.1. The first-order chi connectivity index (χ1) is 6.68. The highest BCUT2D eigenvalue weighted by molar-refractivity contribution is 7.22. The Bertz CT molecular complexity index is 462. The number of aromatic carboxylic acids is 1. The molecule has 1 N–H and O–H groups in total. The van der Waals surface area contributed by atoms with Crippen LogP contribution in [-0.4, -0.2) is 21.0 Å². The zero-order valence-corrected chi connectivity index (χ0v) is 8.85. The number of hydrogen-bond acceptors (Lipinski definition) is 5. The van der Waals surface area contributed by atoms with Crippen LogP contribution in [0.25, 0.3) is 9.75 Å². The van der Waals surface area contributed by atoms with Gasteiger partial charge in [0, 0.05) is 6.20 Å². The maximum absolute atomic E-state index is 10.7. The van der Waals surface area contributed by atoms with Crippen molar-refractivity contribution in [3.63, 3.8) is 0 Å². The first-order valence-electron chi connectivity index (χ1n) is 3.78. The van der Waals surface area contributed by atoms with Crippen LogP contribution in [0.5, 0.6) is 0 Å². The topological polar surface area (TPSA) is 63.1 Å². The normalized spacial score (nSPS) is 10.4. The van der Waals surface area contributed by atoms with Crippen molar-refractivity contribution < 1.29 is 9.90 Å². The average Bonchev–Trinajstić information content (AvgIpc) is 2.71. The van der Waals surface area contributed by atoms with Crippen LogP contribution in [0, 0.1) is 6.92 Å². The summed E-state index contributed by atoms with van der Waals surface area (Å²) in [6.07, 6.45) is 1.72. The van der Waals surface area contributed by atoms with Gasteiger partial charge >= 0.3 is 5.97 Å². The molecular weight excluding hydrogens is 220 g/mol. The minimum absolute atomic E-state index is 0.130. The minimum atomic E-state index is -0.978. The van der Waals surface area contributed by atoms with E-state index >= 15 is 0 Å². The smallest absolute Gasteiger partial charge is 0.365 e. The molecule has 0 saturated carbocycles. The van der Waals surface area contributed by atoms with Gasteiger partial charge in [-0.1, -0.05) is 0 Å². The summed E-state index contributed by atoms with van der Waals surface area (Å²) in [6, 6.07) is 0. The van der Waals surface area contributed by atoms with Gasteiger partial charge in [0.15, 0.2) is 0 Å². The van der Waals surface area contributed by atoms with Crippen molar-refractivity contribution in [2.45, 2.75) is 6.92 Å². The summed E-state index contributed by atoms with van der Waals surface area (Å²) in [5, 5.41) is 8.89. The van der Waals surface area contributed by atoms with Crippen molar-refractivity contribution in [1.29, 1.82) is 0 Å². The maximum Gasteiger partial charge on any atom is 0.365 e. The molecule has 2 aromatic heterocycles. The van der Waals surface area contributed by atoms with E-state index in [4.69, 9.17) is 5.11 Å². The fourth-order valence-corrected chi connectivity index (χ4v) is 2.74. The summed E-state index contributed by atoms with van der Waals surface area (Å²) < 4.78 is 0. The summed E-state index contributed by atoms with van der Waals surface area (Å²) in [5.74, 6) is -0.978. The number of carboxylic acid groups (broad SMARTS) is 1. The molecule has 2 rings (SSSR count). The third kappa shape index (κ3) is 1.53. The van der Waals surface area contributed by atoms with Gasteiger partial charge in [0.05, 0.1) is 21.0 Å². The van der Waals surface area contributed by atoms with Gasteiger partial charge in [0.25, 0.3) is 0 Å². The lowest BCUT2D eigenvalue weighted by atomic mass is 10.3. The van der Waals surface area contributed by atoms with Gasteiger partial charge in [0.2, 0.25) is 5.01 Å². The van der Waals surface area contributed by atoms with E-state index in [-0.39, 0.29) is 5.01 Å². The number of thiazole rings is 2. The van der Waals surface area contributed by atoms with Crippen LogP contribution < -0.4 is 0 Å². The van der Waals surface area contributed by atoms with Crippen LogP contribution in [-0.2, 0) is 0 Å². The molecule has 0 saturated heterocycles. The molecule has 0 bridgehead atoms. The van der Waals surface area contributed by atoms with Gasteiger partial charge in [-0.15, -0.1) is 22.7 Å². The highest BCUT2D eigenvalue weighted by Crippen LogP contribution is 2.32. The van der Waals surface area contributed by atoms with Crippen LogP contribution in [0.1, 0.15) is 15.5 Å². The van der Waals surface area contributed by atoms with Crippen LogP contribution >= 0.6 is 22.7 Å². The first kappa shape index (κ1) is 9.29. The van der Waals surface area contributed by atoms with Gasteiger partial charge in [-0.2, -0.15) is 0 Å². The second-order valence-corrected chi connectivity index (χ2v) is 4.49. The first-order valence-corrected chi connectivity index (χ1v) is 5.47. The maximum atomic E-state index is 10.7. The van der Waals surface area contributed by atoms with Crippen molar-refractivity contribution >= 4 is 28.6 Å². The molecular formula is C8H6N2O2S2. The van der Waals surface area contributed by atoms with E-state index in [1.807, 2.05) is 0 Å². The van der Waals surface area contributed by atoms with Gasteiger partial charge in [-0.05, 0) is 6.92 Å². The molecule has 0 aliphatic carbocycles. The molecule has 0 radical (unpaired) electrons. The Morgan fingerprint density at radius 2 is 2.36 bits per heavy atom. The van der Waals surface area contributed by atoms with Gasteiger partial charge in [-0.25, -0.2) is 9.78 Å². The highest BCUT2D eigenvalue weighted by Gasteiger charge is 2.14. The zero-order valence-electron chi connectivity index (χ0n) is 7.22. The van der Waals surface area contributed by atoms with E-state index in [0.717, 1.165) is 15.4 Å². The molecule has 0 spiro atoms. The molecule has 0 unspecified atom stereocenters. The summed E-state index contributed by atoms with van der Waals surface area (Å²) in [6.45, 7) is 1.80. The van der Waals surface area contributed by atoms with Crippen LogP contribution in [0.3, 0.4) is 0 Å². The molecule has 4 nitrogen and oxygen atoms in total. The Kier molecular flexibility index (Phi) is 2.30. The molecule has 0 aromatic carbocycles. The van der Waals surface area contributed by atoms with Crippen molar-refractivity contribution in [1.82, 2.24) is 9.97 Å². The fourth-order valence-electron chi connectivity index (χ4n) is 1.04. The van der Waals surface area contributed by atoms with Crippen molar-refractivity contribution in [3.8, 4) is 9.75 Å². The van der Waals surface area contributed by atoms with Crippen LogP contribution in [0.15, 0.2) is 11.7 Å². The summed E-state index contributed by atoms with van der Waals surface area (Å²) in [5.41, 5.74) is 2.46. The minimum Gasteiger partial charge on any atom is -0.476 e. The van der Waals surface area contributed by atoms with E-state index in [1.54, 1.807) is 18.6 Å². The molecule has 2 heterocycles. The number of aromatic nitrogens is 2. The molecule has 0 aliphatic heterocycles. The Balaban J connectivity index is 2.50. The summed E-state index contributed by atoms with van der Waals surface area (Å²) in [4.78, 5) is 20.4. The van der Waals surface area contributed by atoms with Gasteiger partial charge in [0.1, 0.15) is 0 Å². The third-order valence-corrected chi connectivity index (χ3v) is 3.73. The molecule has 14 heavy (non-hydrogen) atoms. The van der Waals surface area contributed by atoms with E-state index in [0.29, 0.717) is 0 Å². The summed E-state index contributed by atoms with van der Waals surface area (Å²) in [7, 11) is 0. The Morgan fingerprint density at radius 1 is 1.57 bits per heavy atom. The number of carboxylic acids is 1. The second-order valence-electron chi connectivity index (χ2n) is 2.60. The molecule has 6 heteroatoms. The lowest BCUT2D eigenvalue weighted by molar-refractivity contribution is 0.0696.